The van der Waals surface area contributed by atoms with Gasteiger partial charge >= 0.3 is 0 Å². The monoisotopic (exact) mass is 241 g/mol. The highest BCUT2D eigenvalue weighted by Gasteiger charge is 2.38. The van der Waals surface area contributed by atoms with E-state index in [-0.39, 0.29) is 0 Å². The molecule has 1 aromatic carbocycles. The van der Waals surface area contributed by atoms with Crippen LogP contribution >= 0.6 is 0 Å². The smallest absolute Gasteiger partial charge is 0.0992 e. The Hall–Kier alpha value is -1.53. The molecule has 1 saturated heterocycles. The van der Waals surface area contributed by atoms with Gasteiger partial charge in [-0.15, -0.1) is 0 Å². The van der Waals surface area contributed by atoms with Gasteiger partial charge in [-0.2, -0.15) is 5.26 Å². The molecular formula is C15H19N3. The van der Waals surface area contributed by atoms with E-state index in [1.54, 1.807) is 0 Å². The zero-order valence-corrected chi connectivity index (χ0v) is 10.5. The normalized spacial score (nSPS) is 30.9. The summed E-state index contributed by atoms with van der Waals surface area (Å²) < 4.78 is 0. The molecule has 94 valence electrons. The summed E-state index contributed by atoms with van der Waals surface area (Å²) in [6.07, 6.45) is 3.76. The molecule has 0 amide bonds. The molecule has 3 nitrogen and oxygen atoms in total. The molecule has 3 heteroatoms. The largest absolute Gasteiger partial charge is 0.371 e. The van der Waals surface area contributed by atoms with Crippen LogP contribution in [0, 0.1) is 23.2 Å². The molecule has 3 unspecified atom stereocenters. The lowest BCUT2D eigenvalue weighted by Gasteiger charge is -2.29. The SMILES string of the molecule is N#Cc1cccc(N2CC3CCCC(N)C3C2)c1. The fraction of sp³-hybridized carbons (Fsp3) is 0.533. The average Bonchev–Trinajstić information content (AvgIpc) is 2.84. The maximum Gasteiger partial charge on any atom is 0.0992 e. The molecule has 18 heavy (non-hydrogen) atoms. The van der Waals surface area contributed by atoms with Crippen LogP contribution in [0.5, 0.6) is 0 Å². The Labute approximate surface area is 108 Å². The van der Waals surface area contributed by atoms with Crippen LogP contribution in [-0.2, 0) is 0 Å². The standard InChI is InChI=1S/C15H19N3/c16-8-11-3-1-5-13(7-11)18-9-12-4-2-6-15(17)14(12)10-18/h1,3,5,7,12,14-15H,2,4,6,9-10,17H2. The predicted molar refractivity (Wildman–Crippen MR) is 72.2 cm³/mol. The summed E-state index contributed by atoms with van der Waals surface area (Å²) in [5.74, 6) is 1.39. The summed E-state index contributed by atoms with van der Waals surface area (Å²) in [6, 6.07) is 10.5. The molecule has 2 aliphatic rings. The minimum atomic E-state index is 0.368. The van der Waals surface area contributed by atoms with Gasteiger partial charge in [0.1, 0.15) is 0 Å². The summed E-state index contributed by atoms with van der Waals surface area (Å²) in [5, 5.41) is 8.96. The molecule has 0 aromatic heterocycles. The van der Waals surface area contributed by atoms with Gasteiger partial charge in [-0.3, -0.25) is 0 Å². The second kappa shape index (κ2) is 4.62. The number of rotatable bonds is 1. The number of hydrogen-bond acceptors (Lipinski definition) is 3. The number of nitrogens with two attached hydrogens (primary N) is 1. The van der Waals surface area contributed by atoms with Gasteiger partial charge in [0.05, 0.1) is 11.6 Å². The summed E-state index contributed by atoms with van der Waals surface area (Å²) in [5.41, 5.74) is 8.16. The lowest BCUT2D eigenvalue weighted by molar-refractivity contribution is 0.260. The van der Waals surface area contributed by atoms with Crippen LogP contribution in [-0.4, -0.2) is 19.1 Å². The molecule has 1 aromatic rings. The first kappa shape index (κ1) is 11.6. The van der Waals surface area contributed by atoms with Gasteiger partial charge in [0.2, 0.25) is 0 Å². The summed E-state index contributed by atoms with van der Waals surface area (Å²) in [7, 11) is 0. The number of nitriles is 1. The second-order valence-corrected chi connectivity index (χ2v) is 5.59. The van der Waals surface area contributed by atoms with Crippen LogP contribution in [0.4, 0.5) is 5.69 Å². The number of hydrogen-bond donors (Lipinski definition) is 1. The van der Waals surface area contributed by atoms with Crippen molar-refractivity contribution < 1.29 is 0 Å². The fourth-order valence-electron chi connectivity index (χ4n) is 3.50. The minimum Gasteiger partial charge on any atom is -0.371 e. The first-order valence-corrected chi connectivity index (χ1v) is 6.78. The van der Waals surface area contributed by atoms with Crippen molar-refractivity contribution in [3.63, 3.8) is 0 Å². The van der Waals surface area contributed by atoms with Crippen LogP contribution in [0.2, 0.25) is 0 Å². The van der Waals surface area contributed by atoms with E-state index in [2.05, 4.69) is 17.0 Å². The highest BCUT2D eigenvalue weighted by molar-refractivity contribution is 5.52. The van der Waals surface area contributed by atoms with E-state index in [0.717, 1.165) is 24.6 Å². The van der Waals surface area contributed by atoms with E-state index < -0.39 is 0 Å². The lowest BCUT2D eigenvalue weighted by atomic mass is 9.78. The first-order chi connectivity index (χ1) is 8.78. The van der Waals surface area contributed by atoms with Crippen molar-refractivity contribution in [3.05, 3.63) is 29.8 Å². The van der Waals surface area contributed by atoms with E-state index in [1.165, 1.54) is 24.9 Å². The Morgan fingerprint density at radius 2 is 2.17 bits per heavy atom. The third-order valence-electron chi connectivity index (χ3n) is 4.49. The van der Waals surface area contributed by atoms with Gasteiger partial charge < -0.3 is 10.6 Å². The lowest BCUT2D eigenvalue weighted by Crippen LogP contribution is -2.38. The number of nitrogens with zero attached hydrogens (tertiary/aromatic N) is 2. The van der Waals surface area contributed by atoms with Crippen molar-refractivity contribution in [2.24, 2.45) is 17.6 Å². The molecular weight excluding hydrogens is 222 g/mol. The van der Waals surface area contributed by atoms with Crippen LogP contribution in [0.15, 0.2) is 24.3 Å². The molecule has 2 N–H and O–H groups in total. The molecule has 1 aliphatic heterocycles. The van der Waals surface area contributed by atoms with Gasteiger partial charge in [0, 0.05) is 24.8 Å². The van der Waals surface area contributed by atoms with Crippen molar-refractivity contribution in [1.29, 1.82) is 5.26 Å². The number of benzene rings is 1. The Morgan fingerprint density at radius 3 is 2.94 bits per heavy atom. The van der Waals surface area contributed by atoms with Gasteiger partial charge in [-0.05, 0) is 42.9 Å². The Balaban J connectivity index is 1.80. The van der Waals surface area contributed by atoms with Gasteiger partial charge in [-0.25, -0.2) is 0 Å². The molecule has 2 fully saturated rings. The van der Waals surface area contributed by atoms with E-state index in [0.29, 0.717) is 12.0 Å². The van der Waals surface area contributed by atoms with Gasteiger partial charge in [-0.1, -0.05) is 12.5 Å². The molecule has 0 bridgehead atoms. The molecule has 3 rings (SSSR count). The van der Waals surface area contributed by atoms with E-state index in [4.69, 9.17) is 11.0 Å². The van der Waals surface area contributed by atoms with Crippen LogP contribution in [0.25, 0.3) is 0 Å². The third-order valence-corrected chi connectivity index (χ3v) is 4.49. The van der Waals surface area contributed by atoms with Crippen molar-refractivity contribution in [2.45, 2.75) is 25.3 Å². The molecule has 0 radical (unpaired) electrons. The van der Waals surface area contributed by atoms with E-state index in [9.17, 15) is 0 Å². The minimum absolute atomic E-state index is 0.368. The van der Waals surface area contributed by atoms with Crippen molar-refractivity contribution in [3.8, 4) is 6.07 Å². The second-order valence-electron chi connectivity index (χ2n) is 5.59. The van der Waals surface area contributed by atoms with Crippen LogP contribution in [0.3, 0.4) is 0 Å². The third kappa shape index (κ3) is 1.97. The molecule has 1 heterocycles. The maximum absolute atomic E-state index is 8.96. The Kier molecular flexibility index (Phi) is 2.97. The summed E-state index contributed by atoms with van der Waals surface area (Å²) in [6.45, 7) is 2.16. The summed E-state index contributed by atoms with van der Waals surface area (Å²) in [4.78, 5) is 2.40. The quantitative estimate of drug-likeness (QED) is 0.819. The number of anilines is 1. The maximum atomic E-state index is 8.96. The van der Waals surface area contributed by atoms with Crippen molar-refractivity contribution >= 4 is 5.69 Å². The van der Waals surface area contributed by atoms with Gasteiger partial charge in [0.15, 0.2) is 0 Å². The fourth-order valence-corrected chi connectivity index (χ4v) is 3.50. The average molecular weight is 241 g/mol. The predicted octanol–water partition coefficient (Wildman–Crippen LogP) is 2.12. The highest BCUT2D eigenvalue weighted by Crippen LogP contribution is 2.37. The Morgan fingerprint density at radius 1 is 1.28 bits per heavy atom. The van der Waals surface area contributed by atoms with Crippen molar-refractivity contribution in [2.75, 3.05) is 18.0 Å². The van der Waals surface area contributed by atoms with Crippen LogP contribution in [0.1, 0.15) is 24.8 Å². The zero-order valence-electron chi connectivity index (χ0n) is 10.5. The number of fused-ring (bicyclic) bond motifs is 1. The summed E-state index contributed by atoms with van der Waals surface area (Å²) >= 11 is 0. The molecule has 1 aliphatic carbocycles. The van der Waals surface area contributed by atoms with E-state index >= 15 is 0 Å². The zero-order chi connectivity index (χ0) is 12.5. The van der Waals surface area contributed by atoms with Gasteiger partial charge in [0.25, 0.3) is 0 Å². The highest BCUT2D eigenvalue weighted by atomic mass is 15.2. The first-order valence-electron chi connectivity index (χ1n) is 6.78. The molecule has 3 atom stereocenters. The van der Waals surface area contributed by atoms with Crippen molar-refractivity contribution in [1.82, 2.24) is 0 Å². The molecule has 1 saturated carbocycles. The Bertz CT molecular complexity index is 477. The molecule has 0 spiro atoms. The topological polar surface area (TPSA) is 53.0 Å². The van der Waals surface area contributed by atoms with E-state index in [1.807, 2.05) is 18.2 Å². The van der Waals surface area contributed by atoms with Crippen LogP contribution < -0.4 is 10.6 Å².